The molecule has 1 rings (SSSR count). The smallest absolute Gasteiger partial charge is 0.317 e. The fourth-order valence-corrected chi connectivity index (χ4v) is 1.61. The van der Waals surface area contributed by atoms with Crippen LogP contribution in [0.2, 0.25) is 0 Å². The second kappa shape index (κ2) is 7.36. The zero-order valence-electron chi connectivity index (χ0n) is 12.2. The molecular weight excluding hydrogens is 228 g/mol. The molecule has 0 radical (unpaired) electrons. The van der Waals surface area contributed by atoms with Crippen molar-refractivity contribution in [2.24, 2.45) is 11.8 Å². The Kier molecular flexibility index (Phi) is 6.12. The first-order valence-electron chi connectivity index (χ1n) is 6.77. The molecule has 18 heavy (non-hydrogen) atoms. The van der Waals surface area contributed by atoms with Crippen LogP contribution in [-0.2, 0) is 6.54 Å². The van der Waals surface area contributed by atoms with Gasteiger partial charge in [0, 0.05) is 13.6 Å². The molecule has 0 fully saturated rings. The lowest BCUT2D eigenvalue weighted by Gasteiger charge is -2.17. The number of aromatic nitrogens is 2. The van der Waals surface area contributed by atoms with Crippen LogP contribution in [0, 0.1) is 11.8 Å². The van der Waals surface area contributed by atoms with Crippen molar-refractivity contribution < 1.29 is 4.42 Å². The summed E-state index contributed by atoms with van der Waals surface area (Å²) in [7, 11) is 1.99. The number of nitrogens with zero attached hydrogens (tertiary/aromatic N) is 3. The minimum Gasteiger partial charge on any atom is -0.407 e. The van der Waals surface area contributed by atoms with Crippen molar-refractivity contribution in [2.75, 3.05) is 25.0 Å². The highest BCUT2D eigenvalue weighted by molar-refractivity contribution is 5.21. The monoisotopic (exact) mass is 254 g/mol. The second-order valence-corrected chi connectivity index (χ2v) is 5.40. The van der Waals surface area contributed by atoms with E-state index in [1.165, 1.54) is 0 Å². The molecule has 1 atom stereocenters. The maximum atomic E-state index is 5.61. The molecule has 0 saturated heterocycles. The van der Waals surface area contributed by atoms with Crippen LogP contribution >= 0.6 is 0 Å². The van der Waals surface area contributed by atoms with Crippen molar-refractivity contribution in [3.8, 4) is 0 Å². The molecule has 5 heteroatoms. The zero-order chi connectivity index (χ0) is 13.5. The zero-order valence-corrected chi connectivity index (χ0v) is 12.2. The Bertz CT molecular complexity index is 337. The molecule has 104 valence electrons. The summed E-state index contributed by atoms with van der Waals surface area (Å²) in [5.74, 6) is 1.91. The fraction of sp³-hybridized carbons (Fsp3) is 0.846. The van der Waals surface area contributed by atoms with Crippen molar-refractivity contribution in [3.63, 3.8) is 0 Å². The lowest BCUT2D eigenvalue weighted by atomic mass is 10.1. The van der Waals surface area contributed by atoms with Gasteiger partial charge in [0.25, 0.3) is 0 Å². The molecule has 5 nitrogen and oxygen atoms in total. The molecule has 0 amide bonds. The third-order valence-electron chi connectivity index (χ3n) is 2.89. The maximum Gasteiger partial charge on any atom is 0.317 e. The average molecular weight is 254 g/mol. The molecule has 0 aliphatic carbocycles. The number of anilines is 1. The number of hydrogen-bond acceptors (Lipinski definition) is 5. The summed E-state index contributed by atoms with van der Waals surface area (Å²) < 4.78 is 5.61. The Balaban J connectivity index is 2.42. The van der Waals surface area contributed by atoms with E-state index in [2.05, 4.69) is 43.2 Å². The van der Waals surface area contributed by atoms with Gasteiger partial charge in [0.15, 0.2) is 0 Å². The van der Waals surface area contributed by atoms with E-state index < -0.39 is 0 Å². The van der Waals surface area contributed by atoms with Crippen LogP contribution in [0.4, 0.5) is 6.01 Å². The first-order valence-corrected chi connectivity index (χ1v) is 6.77. The van der Waals surface area contributed by atoms with E-state index >= 15 is 0 Å². The van der Waals surface area contributed by atoms with Gasteiger partial charge in [0.05, 0.1) is 6.54 Å². The molecule has 0 bridgehead atoms. The highest BCUT2D eigenvalue weighted by atomic mass is 16.4. The highest BCUT2D eigenvalue weighted by Gasteiger charge is 2.12. The van der Waals surface area contributed by atoms with Gasteiger partial charge in [-0.15, -0.1) is 5.10 Å². The molecule has 1 N–H and O–H groups in total. The van der Waals surface area contributed by atoms with Crippen LogP contribution in [0.5, 0.6) is 0 Å². The van der Waals surface area contributed by atoms with Gasteiger partial charge >= 0.3 is 6.01 Å². The molecule has 1 heterocycles. The summed E-state index contributed by atoms with van der Waals surface area (Å²) in [6.07, 6.45) is 1.15. The topological polar surface area (TPSA) is 54.2 Å². The summed E-state index contributed by atoms with van der Waals surface area (Å²) in [5.41, 5.74) is 0. The van der Waals surface area contributed by atoms with E-state index in [1.54, 1.807) is 0 Å². The van der Waals surface area contributed by atoms with Crippen molar-refractivity contribution in [3.05, 3.63) is 5.89 Å². The molecular formula is C13H26N4O. The van der Waals surface area contributed by atoms with Crippen LogP contribution in [0.1, 0.15) is 40.0 Å². The first kappa shape index (κ1) is 15.0. The molecule has 1 aromatic heterocycles. The average Bonchev–Trinajstić information content (AvgIpc) is 2.77. The fourth-order valence-electron chi connectivity index (χ4n) is 1.61. The molecule has 0 aromatic carbocycles. The van der Waals surface area contributed by atoms with Crippen molar-refractivity contribution >= 4 is 6.01 Å². The number of nitrogens with one attached hydrogen (secondary N) is 1. The van der Waals surface area contributed by atoms with Crippen molar-refractivity contribution in [2.45, 2.75) is 40.7 Å². The predicted octanol–water partition coefficient (Wildman–Crippen LogP) is 2.30. The summed E-state index contributed by atoms with van der Waals surface area (Å²) in [6, 6.07) is 0.608. The van der Waals surface area contributed by atoms with E-state index in [0.29, 0.717) is 30.3 Å². The quantitative estimate of drug-likeness (QED) is 0.771. The van der Waals surface area contributed by atoms with E-state index in [1.807, 2.05) is 11.9 Å². The van der Waals surface area contributed by atoms with Crippen LogP contribution in [0.25, 0.3) is 0 Å². The van der Waals surface area contributed by atoms with Crippen LogP contribution in [0.3, 0.4) is 0 Å². The Morgan fingerprint density at radius 2 is 2.00 bits per heavy atom. The van der Waals surface area contributed by atoms with Crippen molar-refractivity contribution in [1.82, 2.24) is 15.5 Å². The van der Waals surface area contributed by atoms with E-state index in [9.17, 15) is 0 Å². The number of hydrogen-bond donors (Lipinski definition) is 1. The normalized spacial score (nSPS) is 13.0. The summed E-state index contributed by atoms with van der Waals surface area (Å²) in [6.45, 7) is 11.3. The minimum atomic E-state index is 0.608. The van der Waals surface area contributed by atoms with Gasteiger partial charge in [-0.1, -0.05) is 39.2 Å². The van der Waals surface area contributed by atoms with E-state index in [-0.39, 0.29) is 0 Å². The van der Waals surface area contributed by atoms with Gasteiger partial charge < -0.3 is 14.6 Å². The Hall–Kier alpha value is -1.10. The standard InChI is InChI=1S/C13H26N4O/c1-6-11(4)9-17(5)13-16-15-12(18-13)8-14-7-10(2)3/h10-11,14H,6-9H2,1-5H3. The van der Waals surface area contributed by atoms with Crippen LogP contribution < -0.4 is 10.2 Å². The molecule has 0 spiro atoms. The maximum absolute atomic E-state index is 5.61. The Morgan fingerprint density at radius 3 is 2.61 bits per heavy atom. The lowest BCUT2D eigenvalue weighted by molar-refractivity contribution is 0.442. The Labute approximate surface area is 110 Å². The molecule has 0 aliphatic heterocycles. The van der Waals surface area contributed by atoms with Gasteiger partial charge in [0.2, 0.25) is 5.89 Å². The molecule has 1 aromatic rings. The number of rotatable bonds is 8. The lowest BCUT2D eigenvalue weighted by Crippen LogP contribution is -2.23. The summed E-state index contributed by atoms with van der Waals surface area (Å²) in [5, 5.41) is 11.4. The first-order chi connectivity index (χ1) is 8.52. The van der Waals surface area contributed by atoms with Gasteiger partial charge in [-0.05, 0) is 18.4 Å². The van der Waals surface area contributed by atoms with Gasteiger partial charge in [-0.25, -0.2) is 0 Å². The third kappa shape index (κ3) is 5.04. The largest absolute Gasteiger partial charge is 0.407 e. The van der Waals surface area contributed by atoms with Gasteiger partial charge in [0.1, 0.15) is 0 Å². The summed E-state index contributed by atoms with van der Waals surface area (Å²) in [4.78, 5) is 2.02. The van der Waals surface area contributed by atoms with Crippen molar-refractivity contribution in [1.29, 1.82) is 0 Å². The van der Waals surface area contributed by atoms with Gasteiger partial charge in [-0.3, -0.25) is 0 Å². The second-order valence-electron chi connectivity index (χ2n) is 5.40. The Morgan fingerprint density at radius 1 is 1.28 bits per heavy atom. The highest BCUT2D eigenvalue weighted by Crippen LogP contribution is 2.13. The molecule has 1 unspecified atom stereocenters. The van der Waals surface area contributed by atoms with Crippen LogP contribution in [0.15, 0.2) is 4.42 Å². The van der Waals surface area contributed by atoms with Gasteiger partial charge in [-0.2, -0.15) is 0 Å². The van der Waals surface area contributed by atoms with Crippen LogP contribution in [-0.4, -0.2) is 30.3 Å². The van der Waals surface area contributed by atoms with E-state index in [0.717, 1.165) is 19.5 Å². The third-order valence-corrected chi connectivity index (χ3v) is 2.89. The summed E-state index contributed by atoms with van der Waals surface area (Å²) >= 11 is 0. The minimum absolute atomic E-state index is 0.608. The van der Waals surface area contributed by atoms with E-state index in [4.69, 9.17) is 4.42 Å². The molecule has 0 aliphatic rings. The molecule has 0 saturated carbocycles. The predicted molar refractivity (Wildman–Crippen MR) is 73.6 cm³/mol. The SMILES string of the molecule is CCC(C)CN(C)c1nnc(CNCC(C)C)o1.